The molecule has 0 aliphatic carbocycles. The second kappa shape index (κ2) is 6.07. The topological polar surface area (TPSA) is 38.0 Å². The van der Waals surface area contributed by atoms with Gasteiger partial charge in [0.05, 0.1) is 6.20 Å². The first-order valence-corrected chi connectivity index (χ1v) is 7.32. The third-order valence-electron chi connectivity index (χ3n) is 2.86. The molecule has 0 aliphatic rings. The summed E-state index contributed by atoms with van der Waals surface area (Å²) in [5.74, 6) is 0. The molecule has 3 nitrogen and oxygen atoms in total. The predicted molar refractivity (Wildman–Crippen MR) is 74.8 cm³/mol. The number of nitrogens with zero attached hydrogens (tertiary/aromatic N) is 2. The highest BCUT2D eigenvalue weighted by Crippen LogP contribution is 2.29. The Morgan fingerprint density at radius 2 is 2.17 bits per heavy atom. The van der Waals surface area contributed by atoms with E-state index in [9.17, 15) is 5.11 Å². The van der Waals surface area contributed by atoms with Gasteiger partial charge in [0.1, 0.15) is 6.10 Å². The van der Waals surface area contributed by atoms with Gasteiger partial charge in [-0.2, -0.15) is 5.10 Å². The molecule has 4 heteroatoms. The van der Waals surface area contributed by atoms with Crippen LogP contribution in [0.4, 0.5) is 0 Å². The molecule has 1 unspecified atom stereocenters. The molecule has 2 rings (SSSR count). The minimum atomic E-state index is -0.598. The molecule has 0 bridgehead atoms. The quantitative estimate of drug-likeness (QED) is 0.841. The van der Waals surface area contributed by atoms with E-state index < -0.39 is 6.10 Å². The molecular weight excluding hydrogens is 244 g/mol. The summed E-state index contributed by atoms with van der Waals surface area (Å²) in [6.45, 7) is 3.00. The smallest absolute Gasteiger partial charge is 0.108 e. The van der Waals surface area contributed by atoms with Crippen molar-refractivity contribution in [2.75, 3.05) is 6.26 Å². The molecule has 0 aliphatic heterocycles. The highest BCUT2D eigenvalue weighted by Gasteiger charge is 2.15. The Bertz CT molecular complexity index is 510. The van der Waals surface area contributed by atoms with Crippen LogP contribution in [-0.4, -0.2) is 21.1 Å². The molecule has 0 amide bonds. The van der Waals surface area contributed by atoms with Gasteiger partial charge in [-0.15, -0.1) is 11.8 Å². The van der Waals surface area contributed by atoms with Gasteiger partial charge < -0.3 is 5.11 Å². The van der Waals surface area contributed by atoms with Crippen LogP contribution in [0.1, 0.15) is 30.6 Å². The monoisotopic (exact) mass is 262 g/mol. The Kier molecular flexibility index (Phi) is 4.44. The van der Waals surface area contributed by atoms with Gasteiger partial charge in [0.2, 0.25) is 0 Å². The molecule has 1 aromatic heterocycles. The fourth-order valence-corrected chi connectivity index (χ4v) is 2.57. The zero-order chi connectivity index (χ0) is 13.0. The average molecular weight is 262 g/mol. The predicted octanol–water partition coefficient (Wildman–Crippen LogP) is 3.10. The standard InChI is InChI=1S/C14H18N2OS/c1-3-8-16-10-11(9-15-16)14(17)12-6-4-5-7-13(12)18-2/h4-7,9-10,14,17H,3,8H2,1-2H3. The van der Waals surface area contributed by atoms with Crippen LogP contribution >= 0.6 is 11.8 Å². The van der Waals surface area contributed by atoms with E-state index in [1.807, 2.05) is 41.4 Å². The Hall–Kier alpha value is -1.26. The number of aliphatic hydroxyl groups is 1. The van der Waals surface area contributed by atoms with Crippen molar-refractivity contribution < 1.29 is 5.11 Å². The van der Waals surface area contributed by atoms with Crippen molar-refractivity contribution in [1.29, 1.82) is 0 Å². The van der Waals surface area contributed by atoms with E-state index in [4.69, 9.17) is 0 Å². The molecule has 0 saturated heterocycles. The molecule has 0 fully saturated rings. The van der Waals surface area contributed by atoms with Crippen molar-refractivity contribution in [2.24, 2.45) is 0 Å². The third kappa shape index (κ3) is 2.76. The maximum Gasteiger partial charge on any atom is 0.108 e. The Labute approximate surface area is 112 Å². The van der Waals surface area contributed by atoms with Crippen molar-refractivity contribution in [3.05, 3.63) is 47.8 Å². The number of aromatic nitrogens is 2. The minimum absolute atomic E-state index is 0.598. The maximum absolute atomic E-state index is 10.4. The van der Waals surface area contributed by atoms with E-state index in [0.29, 0.717) is 0 Å². The molecule has 1 heterocycles. The fraction of sp³-hybridized carbons (Fsp3) is 0.357. The number of thioether (sulfide) groups is 1. The first-order chi connectivity index (χ1) is 8.76. The van der Waals surface area contributed by atoms with Gasteiger partial charge >= 0.3 is 0 Å². The summed E-state index contributed by atoms with van der Waals surface area (Å²) in [5.41, 5.74) is 1.80. The fourth-order valence-electron chi connectivity index (χ4n) is 1.94. The summed E-state index contributed by atoms with van der Waals surface area (Å²) >= 11 is 1.65. The third-order valence-corrected chi connectivity index (χ3v) is 3.67. The van der Waals surface area contributed by atoms with Crippen molar-refractivity contribution in [3.8, 4) is 0 Å². The van der Waals surface area contributed by atoms with Gasteiger partial charge in [-0.1, -0.05) is 25.1 Å². The first kappa shape index (κ1) is 13.2. The molecule has 1 N–H and O–H groups in total. The molecule has 0 spiro atoms. The van der Waals surface area contributed by atoms with E-state index in [2.05, 4.69) is 12.0 Å². The zero-order valence-corrected chi connectivity index (χ0v) is 11.5. The van der Waals surface area contributed by atoms with E-state index >= 15 is 0 Å². The van der Waals surface area contributed by atoms with Crippen LogP contribution in [0.5, 0.6) is 0 Å². The molecule has 18 heavy (non-hydrogen) atoms. The van der Waals surface area contributed by atoms with Crippen molar-refractivity contribution in [3.63, 3.8) is 0 Å². The second-order valence-electron chi connectivity index (χ2n) is 4.18. The normalized spacial score (nSPS) is 12.6. The van der Waals surface area contributed by atoms with Gasteiger partial charge in [0.15, 0.2) is 0 Å². The lowest BCUT2D eigenvalue weighted by molar-refractivity contribution is 0.217. The number of hydrogen-bond acceptors (Lipinski definition) is 3. The number of hydrogen-bond donors (Lipinski definition) is 1. The molecular formula is C14H18N2OS. The largest absolute Gasteiger partial charge is 0.383 e. The van der Waals surface area contributed by atoms with Crippen LogP contribution in [-0.2, 0) is 6.54 Å². The van der Waals surface area contributed by atoms with E-state index in [1.165, 1.54) is 0 Å². The molecule has 0 saturated carbocycles. The number of aliphatic hydroxyl groups excluding tert-OH is 1. The lowest BCUT2D eigenvalue weighted by atomic mass is 10.0. The lowest BCUT2D eigenvalue weighted by Crippen LogP contribution is -2.00. The number of rotatable bonds is 5. The van der Waals surface area contributed by atoms with Crippen molar-refractivity contribution in [1.82, 2.24) is 9.78 Å². The van der Waals surface area contributed by atoms with Crippen LogP contribution in [0.15, 0.2) is 41.6 Å². The van der Waals surface area contributed by atoms with Crippen LogP contribution < -0.4 is 0 Å². The average Bonchev–Trinajstić information content (AvgIpc) is 2.87. The van der Waals surface area contributed by atoms with E-state index in [-0.39, 0.29) is 0 Å². The molecule has 1 atom stereocenters. The maximum atomic E-state index is 10.4. The Balaban J connectivity index is 2.26. The SMILES string of the molecule is CCCn1cc(C(O)c2ccccc2SC)cn1. The van der Waals surface area contributed by atoms with Gasteiger partial charge in [0.25, 0.3) is 0 Å². The van der Waals surface area contributed by atoms with Gasteiger partial charge in [-0.05, 0) is 24.3 Å². The minimum Gasteiger partial charge on any atom is -0.383 e. The highest BCUT2D eigenvalue weighted by molar-refractivity contribution is 7.98. The van der Waals surface area contributed by atoms with Crippen molar-refractivity contribution >= 4 is 11.8 Å². The van der Waals surface area contributed by atoms with Crippen LogP contribution in [0.3, 0.4) is 0 Å². The summed E-state index contributed by atoms with van der Waals surface area (Å²) in [4.78, 5) is 1.10. The molecule has 96 valence electrons. The van der Waals surface area contributed by atoms with Crippen LogP contribution in [0.2, 0.25) is 0 Å². The van der Waals surface area contributed by atoms with E-state index in [0.717, 1.165) is 29.0 Å². The van der Waals surface area contributed by atoms with Gasteiger partial charge in [0, 0.05) is 23.2 Å². The van der Waals surface area contributed by atoms with Crippen molar-refractivity contribution in [2.45, 2.75) is 30.9 Å². The highest BCUT2D eigenvalue weighted by atomic mass is 32.2. The summed E-state index contributed by atoms with van der Waals surface area (Å²) in [5, 5.41) is 14.7. The first-order valence-electron chi connectivity index (χ1n) is 6.09. The lowest BCUT2D eigenvalue weighted by Gasteiger charge is -2.12. The summed E-state index contributed by atoms with van der Waals surface area (Å²) in [7, 11) is 0. The van der Waals surface area contributed by atoms with E-state index in [1.54, 1.807) is 18.0 Å². The molecule has 0 radical (unpaired) electrons. The Morgan fingerprint density at radius 1 is 1.39 bits per heavy atom. The van der Waals surface area contributed by atoms with Gasteiger partial charge in [-0.25, -0.2) is 0 Å². The molecule has 1 aromatic carbocycles. The number of benzene rings is 1. The van der Waals surface area contributed by atoms with Gasteiger partial charge in [-0.3, -0.25) is 4.68 Å². The zero-order valence-electron chi connectivity index (χ0n) is 10.7. The summed E-state index contributed by atoms with van der Waals surface area (Å²) in [6, 6.07) is 7.94. The summed E-state index contributed by atoms with van der Waals surface area (Å²) in [6.07, 6.45) is 6.13. The van der Waals surface area contributed by atoms with Crippen LogP contribution in [0, 0.1) is 0 Å². The number of aryl methyl sites for hydroxylation is 1. The Morgan fingerprint density at radius 3 is 2.89 bits per heavy atom. The second-order valence-corrected chi connectivity index (χ2v) is 5.03. The summed E-state index contributed by atoms with van der Waals surface area (Å²) < 4.78 is 1.88. The molecule has 2 aromatic rings. The van der Waals surface area contributed by atoms with Crippen LogP contribution in [0.25, 0.3) is 0 Å².